The molecule has 0 aliphatic heterocycles. The summed E-state index contributed by atoms with van der Waals surface area (Å²) in [5, 5.41) is 24.0. The Morgan fingerprint density at radius 1 is 0.794 bits per heavy atom. The van der Waals surface area contributed by atoms with E-state index in [-0.39, 0.29) is 11.1 Å². The first-order valence-electron chi connectivity index (χ1n) is 10.6. The number of rotatable bonds is 11. The average molecular weight is 459 g/mol. The van der Waals surface area contributed by atoms with Crippen LogP contribution >= 0.6 is 0 Å². The van der Waals surface area contributed by atoms with Crippen molar-refractivity contribution in [2.24, 2.45) is 0 Å². The van der Waals surface area contributed by atoms with Gasteiger partial charge in [0.25, 0.3) is 11.8 Å². The predicted molar refractivity (Wildman–Crippen MR) is 128 cm³/mol. The highest BCUT2D eigenvalue weighted by atomic mass is 16.5. The molecule has 34 heavy (non-hydrogen) atoms. The zero-order chi connectivity index (χ0) is 24.8. The minimum atomic E-state index is -0.470. The number of nitrogens with zero attached hydrogens (tertiary/aromatic N) is 2. The number of hydrogen-bond donors (Lipinski definition) is 2. The molecular weight excluding hydrogens is 432 g/mol. The van der Waals surface area contributed by atoms with Crippen LogP contribution in [0.2, 0.25) is 0 Å². The van der Waals surface area contributed by atoms with Crippen LogP contribution in [0.3, 0.4) is 0 Å². The zero-order valence-corrected chi connectivity index (χ0v) is 19.1. The predicted octanol–water partition coefficient (Wildman–Crippen LogP) is 3.23. The van der Waals surface area contributed by atoms with Crippen LogP contribution in [-0.2, 0) is 9.59 Å². The largest absolute Gasteiger partial charge is 0.497 e. The van der Waals surface area contributed by atoms with Crippen LogP contribution in [0.15, 0.2) is 59.7 Å². The highest BCUT2D eigenvalue weighted by molar-refractivity contribution is 6.02. The lowest BCUT2D eigenvalue weighted by atomic mass is 10.1. The van der Waals surface area contributed by atoms with Gasteiger partial charge in [-0.15, -0.1) is 0 Å². The monoisotopic (exact) mass is 458 g/mol. The lowest BCUT2D eigenvalue weighted by Crippen LogP contribution is -2.28. The van der Waals surface area contributed by atoms with Gasteiger partial charge in [0.15, 0.2) is 0 Å². The first-order chi connectivity index (χ1) is 16.5. The van der Waals surface area contributed by atoms with Gasteiger partial charge < -0.3 is 20.1 Å². The Hall–Kier alpha value is -4.56. The Labute approximate surface area is 199 Å². The van der Waals surface area contributed by atoms with Gasteiger partial charge in [-0.05, 0) is 60.4 Å². The number of amides is 2. The summed E-state index contributed by atoms with van der Waals surface area (Å²) >= 11 is 0. The van der Waals surface area contributed by atoms with Crippen molar-refractivity contribution in [3.63, 3.8) is 0 Å². The van der Waals surface area contributed by atoms with E-state index in [4.69, 9.17) is 9.47 Å². The highest BCUT2D eigenvalue weighted by Crippen LogP contribution is 2.16. The van der Waals surface area contributed by atoms with Crippen LogP contribution < -0.4 is 20.1 Å². The number of methoxy groups -OCH3 is 2. The molecule has 0 aliphatic rings. The minimum Gasteiger partial charge on any atom is -0.497 e. The molecule has 0 fully saturated rings. The Bertz CT molecular complexity index is 1060. The van der Waals surface area contributed by atoms with E-state index in [1.807, 2.05) is 12.1 Å². The van der Waals surface area contributed by atoms with E-state index in [0.717, 1.165) is 0 Å². The summed E-state index contributed by atoms with van der Waals surface area (Å²) in [4.78, 5) is 24.5. The van der Waals surface area contributed by atoms with Crippen LogP contribution in [0.1, 0.15) is 24.0 Å². The lowest BCUT2D eigenvalue weighted by molar-refractivity contribution is -0.118. The fourth-order valence-electron chi connectivity index (χ4n) is 2.94. The molecule has 0 radical (unpaired) electrons. The van der Waals surface area contributed by atoms with Crippen molar-refractivity contribution in [2.45, 2.75) is 12.8 Å². The maximum atomic E-state index is 12.3. The van der Waals surface area contributed by atoms with Crippen LogP contribution in [0.4, 0.5) is 0 Å². The SMILES string of the molecule is COc1cccc(/C=C(\C#N)C(=O)NCCCCNC(=O)/C(C#N)=C/c2cccc(OC)c2)c1. The molecule has 2 rings (SSSR count). The normalized spacial score (nSPS) is 11.1. The van der Waals surface area contributed by atoms with Gasteiger partial charge in [0.05, 0.1) is 14.2 Å². The first kappa shape index (κ1) is 25.7. The number of ether oxygens (including phenoxy) is 2. The Kier molecular flexibility index (Phi) is 10.4. The molecule has 0 aromatic heterocycles. The smallest absolute Gasteiger partial charge is 0.261 e. The van der Waals surface area contributed by atoms with Crippen LogP contribution in [0.5, 0.6) is 11.5 Å². The van der Waals surface area contributed by atoms with Gasteiger partial charge in [-0.2, -0.15) is 10.5 Å². The molecule has 0 unspecified atom stereocenters. The molecule has 8 heteroatoms. The van der Waals surface area contributed by atoms with Crippen molar-refractivity contribution in [3.05, 3.63) is 70.8 Å². The van der Waals surface area contributed by atoms with Crippen molar-refractivity contribution < 1.29 is 19.1 Å². The topological polar surface area (TPSA) is 124 Å². The third-order valence-corrected chi connectivity index (χ3v) is 4.71. The summed E-state index contributed by atoms with van der Waals surface area (Å²) in [6.07, 6.45) is 4.17. The van der Waals surface area contributed by atoms with E-state index in [1.54, 1.807) is 62.8 Å². The van der Waals surface area contributed by atoms with E-state index < -0.39 is 11.8 Å². The maximum Gasteiger partial charge on any atom is 0.261 e. The number of carbonyl (C=O) groups is 2. The minimum absolute atomic E-state index is 0.0112. The number of hydrogen-bond acceptors (Lipinski definition) is 6. The molecule has 174 valence electrons. The molecule has 8 nitrogen and oxygen atoms in total. The average Bonchev–Trinajstić information content (AvgIpc) is 2.87. The van der Waals surface area contributed by atoms with Crippen molar-refractivity contribution in [1.29, 1.82) is 10.5 Å². The van der Waals surface area contributed by atoms with Gasteiger partial charge in [-0.3, -0.25) is 9.59 Å². The van der Waals surface area contributed by atoms with E-state index in [1.165, 1.54) is 12.2 Å². The van der Waals surface area contributed by atoms with Gasteiger partial charge in [0, 0.05) is 13.1 Å². The molecule has 0 atom stereocenters. The summed E-state index contributed by atoms with van der Waals surface area (Å²) in [6, 6.07) is 17.9. The highest BCUT2D eigenvalue weighted by Gasteiger charge is 2.10. The van der Waals surface area contributed by atoms with Crippen LogP contribution in [0, 0.1) is 22.7 Å². The zero-order valence-electron chi connectivity index (χ0n) is 19.1. The Morgan fingerprint density at radius 3 is 1.56 bits per heavy atom. The summed E-state index contributed by atoms with van der Waals surface area (Å²) in [5.74, 6) is 0.322. The van der Waals surface area contributed by atoms with E-state index in [0.29, 0.717) is 48.6 Å². The number of unbranched alkanes of at least 4 members (excludes halogenated alkanes) is 1. The molecule has 0 spiro atoms. The van der Waals surface area contributed by atoms with Crippen molar-refractivity contribution in [3.8, 4) is 23.6 Å². The van der Waals surface area contributed by atoms with Crippen LogP contribution in [0.25, 0.3) is 12.2 Å². The van der Waals surface area contributed by atoms with Gasteiger partial charge in [-0.1, -0.05) is 24.3 Å². The maximum absolute atomic E-state index is 12.3. The summed E-state index contributed by atoms with van der Waals surface area (Å²) in [7, 11) is 3.09. The second kappa shape index (κ2) is 13.8. The number of carbonyl (C=O) groups excluding carboxylic acids is 2. The van der Waals surface area contributed by atoms with Crippen molar-refractivity contribution >= 4 is 24.0 Å². The van der Waals surface area contributed by atoms with Gasteiger partial charge in [-0.25, -0.2) is 0 Å². The van der Waals surface area contributed by atoms with Gasteiger partial charge in [0.2, 0.25) is 0 Å². The summed E-state index contributed by atoms with van der Waals surface area (Å²) in [5.41, 5.74) is 1.35. The molecule has 2 aromatic rings. The third-order valence-electron chi connectivity index (χ3n) is 4.71. The summed E-state index contributed by atoms with van der Waals surface area (Å²) < 4.78 is 10.3. The van der Waals surface area contributed by atoms with Gasteiger partial charge >= 0.3 is 0 Å². The number of nitriles is 2. The fourth-order valence-corrected chi connectivity index (χ4v) is 2.94. The molecule has 2 N–H and O–H groups in total. The second-order valence-electron chi connectivity index (χ2n) is 7.11. The number of benzene rings is 2. The molecule has 0 saturated heterocycles. The molecule has 0 saturated carbocycles. The van der Waals surface area contributed by atoms with Crippen molar-refractivity contribution in [1.82, 2.24) is 10.6 Å². The third kappa shape index (κ3) is 8.18. The van der Waals surface area contributed by atoms with Crippen LogP contribution in [-0.4, -0.2) is 39.1 Å². The molecule has 0 heterocycles. The second-order valence-corrected chi connectivity index (χ2v) is 7.11. The lowest BCUT2D eigenvalue weighted by Gasteiger charge is -2.07. The molecule has 0 bridgehead atoms. The molecular formula is C26H26N4O4. The molecule has 0 aliphatic carbocycles. The molecule has 2 aromatic carbocycles. The summed E-state index contributed by atoms with van der Waals surface area (Å²) in [6.45, 7) is 0.688. The number of nitrogens with one attached hydrogen (secondary N) is 2. The van der Waals surface area contributed by atoms with E-state index in [9.17, 15) is 20.1 Å². The van der Waals surface area contributed by atoms with E-state index in [2.05, 4.69) is 10.6 Å². The van der Waals surface area contributed by atoms with E-state index >= 15 is 0 Å². The quantitative estimate of drug-likeness (QED) is 0.303. The Morgan fingerprint density at radius 2 is 1.21 bits per heavy atom. The van der Waals surface area contributed by atoms with Gasteiger partial charge in [0.1, 0.15) is 34.8 Å². The molecule has 2 amide bonds. The van der Waals surface area contributed by atoms with Crippen molar-refractivity contribution in [2.75, 3.05) is 27.3 Å². The first-order valence-corrected chi connectivity index (χ1v) is 10.6. The Balaban J connectivity index is 1.78. The standard InChI is InChI=1S/C26H26N4O4/c1-33-23-9-5-7-19(15-23)13-21(17-27)25(31)29-11-3-4-12-30-26(32)22(18-28)14-20-8-6-10-24(16-20)34-2/h5-10,13-16H,3-4,11-12H2,1-2H3,(H,29,31)(H,30,32)/b21-13+,22-14+. The fraction of sp³-hybridized carbons (Fsp3) is 0.231.